The molecule has 5 heteroatoms. The predicted octanol–water partition coefficient (Wildman–Crippen LogP) is 0.702. The molecule has 1 rings (SSSR count). The first kappa shape index (κ1) is 13.8. The number of carbonyl (C=O) groups excluding carboxylic acids is 1. The third-order valence-electron chi connectivity index (χ3n) is 3.24. The van der Waals surface area contributed by atoms with E-state index in [0.717, 1.165) is 12.8 Å². The molecule has 0 spiro atoms. The topological polar surface area (TPSA) is 70.7 Å². The number of amides is 1. The van der Waals surface area contributed by atoms with Crippen LogP contribution in [-0.4, -0.2) is 42.9 Å². The molecular formula is C12H24N4O. The Morgan fingerprint density at radius 3 is 2.65 bits per heavy atom. The molecule has 1 fully saturated rings. The molecule has 3 N–H and O–H groups in total. The fourth-order valence-electron chi connectivity index (χ4n) is 1.95. The fraction of sp³-hybridized carbons (Fsp3) is 0.833. The first-order valence-electron chi connectivity index (χ1n) is 6.44. The van der Waals surface area contributed by atoms with Crippen molar-refractivity contribution < 1.29 is 4.79 Å². The average Bonchev–Trinajstić information content (AvgIpc) is 2.36. The van der Waals surface area contributed by atoms with Crippen LogP contribution in [0.2, 0.25) is 0 Å². The van der Waals surface area contributed by atoms with Crippen LogP contribution in [0.4, 0.5) is 0 Å². The summed E-state index contributed by atoms with van der Waals surface area (Å²) in [6, 6.07) is 0.437. The Kier molecular flexibility index (Phi) is 5.80. The predicted molar refractivity (Wildman–Crippen MR) is 69.8 cm³/mol. The van der Waals surface area contributed by atoms with Crippen LogP contribution >= 0.6 is 0 Å². The Morgan fingerprint density at radius 2 is 2.06 bits per heavy atom. The molecule has 0 radical (unpaired) electrons. The van der Waals surface area contributed by atoms with Gasteiger partial charge in [-0.2, -0.15) is 0 Å². The van der Waals surface area contributed by atoms with E-state index in [4.69, 9.17) is 5.73 Å². The van der Waals surface area contributed by atoms with Crippen LogP contribution in [0.5, 0.6) is 0 Å². The van der Waals surface area contributed by atoms with Crippen LogP contribution < -0.4 is 11.1 Å². The van der Waals surface area contributed by atoms with Gasteiger partial charge in [0.15, 0.2) is 5.96 Å². The van der Waals surface area contributed by atoms with Crippen LogP contribution in [-0.2, 0) is 4.79 Å². The lowest BCUT2D eigenvalue weighted by molar-refractivity contribution is -0.128. The van der Waals surface area contributed by atoms with Gasteiger partial charge in [-0.1, -0.05) is 19.3 Å². The summed E-state index contributed by atoms with van der Waals surface area (Å²) in [5.41, 5.74) is 5.76. The van der Waals surface area contributed by atoms with Gasteiger partial charge in [-0.3, -0.25) is 4.79 Å². The molecule has 0 saturated heterocycles. The maximum Gasteiger partial charge on any atom is 0.244 e. The maximum absolute atomic E-state index is 11.5. The number of nitrogens with one attached hydrogen (secondary N) is 1. The molecule has 0 unspecified atom stereocenters. The van der Waals surface area contributed by atoms with Crippen LogP contribution in [0.3, 0.4) is 0 Å². The normalized spacial score (nSPS) is 17.9. The minimum absolute atomic E-state index is 0.000828. The van der Waals surface area contributed by atoms with Gasteiger partial charge in [0.2, 0.25) is 5.91 Å². The van der Waals surface area contributed by atoms with Crippen molar-refractivity contribution in [2.45, 2.75) is 45.1 Å². The van der Waals surface area contributed by atoms with E-state index in [1.54, 1.807) is 11.9 Å². The molecule has 0 aromatic heterocycles. The summed E-state index contributed by atoms with van der Waals surface area (Å²) in [4.78, 5) is 17.2. The number of nitrogens with zero attached hydrogens (tertiary/aromatic N) is 2. The Hall–Kier alpha value is -1.26. The van der Waals surface area contributed by atoms with Gasteiger partial charge in [0.05, 0.1) is 0 Å². The molecular weight excluding hydrogens is 216 g/mol. The molecule has 5 nitrogen and oxygen atoms in total. The van der Waals surface area contributed by atoms with Crippen molar-refractivity contribution in [2.24, 2.45) is 10.7 Å². The number of hydrogen-bond acceptors (Lipinski definition) is 2. The second-order valence-corrected chi connectivity index (χ2v) is 4.59. The van der Waals surface area contributed by atoms with E-state index in [0.29, 0.717) is 18.5 Å². The molecule has 17 heavy (non-hydrogen) atoms. The van der Waals surface area contributed by atoms with Gasteiger partial charge in [-0.25, -0.2) is 4.99 Å². The van der Waals surface area contributed by atoms with Crippen molar-refractivity contribution in [2.75, 3.05) is 20.1 Å². The highest BCUT2D eigenvalue weighted by atomic mass is 16.2. The third-order valence-corrected chi connectivity index (χ3v) is 3.24. The van der Waals surface area contributed by atoms with E-state index in [1.807, 2.05) is 6.92 Å². The summed E-state index contributed by atoms with van der Waals surface area (Å²) in [5, 5.41) is 3.19. The Morgan fingerprint density at radius 1 is 1.41 bits per heavy atom. The second-order valence-electron chi connectivity index (χ2n) is 4.59. The van der Waals surface area contributed by atoms with Crippen molar-refractivity contribution in [1.82, 2.24) is 10.2 Å². The third kappa shape index (κ3) is 5.06. The minimum atomic E-state index is 0.000828. The molecule has 0 aromatic carbocycles. The van der Waals surface area contributed by atoms with Gasteiger partial charge in [0, 0.05) is 19.6 Å². The second kappa shape index (κ2) is 7.14. The van der Waals surface area contributed by atoms with E-state index in [2.05, 4.69) is 10.3 Å². The van der Waals surface area contributed by atoms with Crippen LogP contribution in [0.25, 0.3) is 0 Å². The molecule has 98 valence electrons. The number of guanidine groups is 1. The van der Waals surface area contributed by atoms with Crippen molar-refractivity contribution >= 4 is 11.9 Å². The monoisotopic (exact) mass is 240 g/mol. The lowest BCUT2D eigenvalue weighted by Gasteiger charge is -2.23. The molecule has 1 amide bonds. The van der Waals surface area contributed by atoms with E-state index in [9.17, 15) is 4.79 Å². The summed E-state index contributed by atoms with van der Waals surface area (Å²) >= 11 is 0. The summed E-state index contributed by atoms with van der Waals surface area (Å²) in [6.07, 6.45) is 6.12. The Labute approximate surface area is 103 Å². The summed E-state index contributed by atoms with van der Waals surface area (Å²) in [5.74, 6) is 0.399. The molecule has 0 heterocycles. The number of rotatable bonds is 4. The van der Waals surface area contributed by atoms with E-state index in [1.165, 1.54) is 19.3 Å². The zero-order valence-corrected chi connectivity index (χ0v) is 10.9. The lowest BCUT2D eigenvalue weighted by atomic mass is 9.96. The average molecular weight is 240 g/mol. The zero-order valence-electron chi connectivity index (χ0n) is 10.9. The van der Waals surface area contributed by atoms with Gasteiger partial charge in [0.1, 0.15) is 6.54 Å². The van der Waals surface area contributed by atoms with E-state index in [-0.39, 0.29) is 12.5 Å². The standard InChI is InChI=1S/C12H24N4O/c1-3-16(2)11(17)9-14-12(13)15-10-7-5-4-6-8-10/h10H,3-9H2,1-2H3,(H3,13,14,15). The molecule has 1 saturated carbocycles. The highest BCUT2D eigenvalue weighted by molar-refractivity contribution is 5.84. The molecule has 0 bridgehead atoms. The van der Waals surface area contributed by atoms with Gasteiger partial charge < -0.3 is 16.0 Å². The SMILES string of the molecule is CCN(C)C(=O)CN=C(N)NC1CCCCC1. The van der Waals surface area contributed by atoms with Crippen molar-refractivity contribution in [3.05, 3.63) is 0 Å². The van der Waals surface area contributed by atoms with E-state index >= 15 is 0 Å². The molecule has 0 atom stereocenters. The number of carbonyl (C=O) groups is 1. The Balaban J connectivity index is 2.30. The van der Waals surface area contributed by atoms with Crippen molar-refractivity contribution in [3.8, 4) is 0 Å². The largest absolute Gasteiger partial charge is 0.370 e. The van der Waals surface area contributed by atoms with Gasteiger partial charge in [0.25, 0.3) is 0 Å². The van der Waals surface area contributed by atoms with Crippen LogP contribution in [0.15, 0.2) is 4.99 Å². The van der Waals surface area contributed by atoms with Gasteiger partial charge in [-0.15, -0.1) is 0 Å². The maximum atomic E-state index is 11.5. The molecule has 0 aliphatic heterocycles. The number of hydrogen-bond donors (Lipinski definition) is 2. The highest BCUT2D eigenvalue weighted by Gasteiger charge is 2.13. The summed E-state index contributed by atoms with van der Waals surface area (Å²) in [6.45, 7) is 2.77. The van der Waals surface area contributed by atoms with Crippen LogP contribution in [0.1, 0.15) is 39.0 Å². The summed E-state index contributed by atoms with van der Waals surface area (Å²) in [7, 11) is 1.77. The first-order chi connectivity index (χ1) is 8.13. The number of aliphatic imine (C=N–C) groups is 1. The fourth-order valence-corrected chi connectivity index (χ4v) is 1.95. The quantitative estimate of drug-likeness (QED) is 0.561. The number of nitrogens with two attached hydrogens (primary N) is 1. The van der Waals surface area contributed by atoms with E-state index < -0.39 is 0 Å². The first-order valence-corrected chi connectivity index (χ1v) is 6.44. The zero-order chi connectivity index (χ0) is 12.7. The van der Waals surface area contributed by atoms with Crippen LogP contribution in [0, 0.1) is 0 Å². The molecule has 0 aromatic rings. The summed E-state index contributed by atoms with van der Waals surface area (Å²) < 4.78 is 0. The smallest absolute Gasteiger partial charge is 0.244 e. The lowest BCUT2D eigenvalue weighted by Crippen LogP contribution is -2.41. The molecule has 1 aliphatic rings. The van der Waals surface area contributed by atoms with Gasteiger partial charge in [-0.05, 0) is 19.8 Å². The highest BCUT2D eigenvalue weighted by Crippen LogP contribution is 2.16. The molecule has 1 aliphatic carbocycles. The minimum Gasteiger partial charge on any atom is -0.370 e. The Bertz CT molecular complexity index is 272. The van der Waals surface area contributed by atoms with Crippen molar-refractivity contribution in [1.29, 1.82) is 0 Å². The number of likely N-dealkylation sites (N-methyl/N-ethyl adjacent to an activating group) is 1. The van der Waals surface area contributed by atoms with Gasteiger partial charge >= 0.3 is 0 Å². The van der Waals surface area contributed by atoms with Crippen molar-refractivity contribution in [3.63, 3.8) is 0 Å².